The SMILES string of the molecule is CN(C)CCN(C)C.[Cr].[Li+].[Li+].[c-]1ccccc1.[c-]1ccccc1. The molecule has 0 amide bonds. The van der Waals surface area contributed by atoms with E-state index in [1.54, 1.807) is 0 Å². The molecule has 0 unspecified atom stereocenters. The third-order valence-electron chi connectivity index (χ3n) is 2.21. The van der Waals surface area contributed by atoms with Crippen LogP contribution in [0.2, 0.25) is 0 Å². The van der Waals surface area contributed by atoms with E-state index in [0.29, 0.717) is 0 Å². The summed E-state index contributed by atoms with van der Waals surface area (Å²) in [7, 11) is 8.35. The molecule has 2 aromatic rings. The Bertz CT molecular complexity index is 294. The van der Waals surface area contributed by atoms with E-state index in [9.17, 15) is 0 Å². The second-order valence-electron chi connectivity index (χ2n) is 4.76. The Balaban J connectivity index is -0.000000111. The van der Waals surface area contributed by atoms with Gasteiger partial charge in [-0.05, 0) is 28.2 Å². The van der Waals surface area contributed by atoms with Crippen molar-refractivity contribution < 1.29 is 55.1 Å². The van der Waals surface area contributed by atoms with E-state index in [4.69, 9.17) is 0 Å². The number of nitrogens with zero attached hydrogens (tertiary/aromatic N) is 2. The molecule has 0 saturated heterocycles. The molecule has 5 heteroatoms. The molecule has 2 rings (SSSR count). The van der Waals surface area contributed by atoms with E-state index >= 15 is 0 Å². The minimum absolute atomic E-state index is 0. The summed E-state index contributed by atoms with van der Waals surface area (Å²) >= 11 is 0. The Morgan fingerprint density at radius 2 is 0.826 bits per heavy atom. The van der Waals surface area contributed by atoms with E-state index in [1.165, 1.54) is 0 Å². The molecule has 0 bridgehead atoms. The van der Waals surface area contributed by atoms with Gasteiger partial charge in [0.15, 0.2) is 0 Å². The summed E-state index contributed by atoms with van der Waals surface area (Å²) < 4.78 is 0. The van der Waals surface area contributed by atoms with Crippen molar-refractivity contribution in [1.82, 2.24) is 9.80 Å². The summed E-state index contributed by atoms with van der Waals surface area (Å²) in [6, 6.07) is 25.0. The van der Waals surface area contributed by atoms with Gasteiger partial charge in [0, 0.05) is 30.5 Å². The summed E-state index contributed by atoms with van der Waals surface area (Å²) in [6.45, 7) is 2.29. The minimum Gasteiger partial charge on any atom is -0.308 e. The van der Waals surface area contributed by atoms with Gasteiger partial charge in [0.2, 0.25) is 0 Å². The molecule has 2 nitrogen and oxygen atoms in total. The number of rotatable bonds is 3. The largest absolute Gasteiger partial charge is 1.00 e. The maximum atomic E-state index is 2.89. The van der Waals surface area contributed by atoms with Crippen molar-refractivity contribution in [2.75, 3.05) is 41.3 Å². The van der Waals surface area contributed by atoms with Crippen LogP contribution in [-0.2, 0) is 17.4 Å². The first-order valence-corrected chi connectivity index (χ1v) is 6.74. The average molecular weight is 336 g/mol. The van der Waals surface area contributed by atoms with E-state index in [1.807, 2.05) is 60.7 Å². The molecule has 0 aliphatic heterocycles. The second-order valence-corrected chi connectivity index (χ2v) is 4.76. The first-order valence-electron chi connectivity index (χ1n) is 6.74. The predicted octanol–water partition coefficient (Wildman–Crippen LogP) is -2.91. The monoisotopic (exact) mass is 336 g/mol. The molecule has 0 aliphatic carbocycles. The van der Waals surface area contributed by atoms with Crippen LogP contribution in [0, 0.1) is 12.1 Å². The van der Waals surface area contributed by atoms with E-state index in [0.717, 1.165) is 13.1 Å². The van der Waals surface area contributed by atoms with Crippen molar-refractivity contribution in [2.24, 2.45) is 0 Å². The third kappa shape index (κ3) is 30.5. The van der Waals surface area contributed by atoms with E-state index in [-0.39, 0.29) is 55.1 Å². The van der Waals surface area contributed by atoms with Gasteiger partial charge in [-0.1, -0.05) is 0 Å². The van der Waals surface area contributed by atoms with Crippen LogP contribution >= 0.6 is 0 Å². The molecule has 0 saturated carbocycles. The number of hydrogen-bond donors (Lipinski definition) is 0. The zero-order valence-corrected chi connectivity index (χ0v) is 16.8. The van der Waals surface area contributed by atoms with Gasteiger partial charge >= 0.3 is 37.7 Å². The van der Waals surface area contributed by atoms with Crippen LogP contribution in [0.4, 0.5) is 0 Å². The van der Waals surface area contributed by atoms with Gasteiger partial charge in [-0.25, -0.2) is 0 Å². The predicted molar refractivity (Wildman–Crippen MR) is 87.7 cm³/mol. The van der Waals surface area contributed by atoms with Gasteiger partial charge in [0.05, 0.1) is 0 Å². The Kier molecular flexibility index (Phi) is 32.7. The maximum absolute atomic E-state index is 2.89. The number of likely N-dealkylation sites (N-methyl/N-ethyl adjacent to an activating group) is 2. The fourth-order valence-electron chi connectivity index (χ4n) is 1.08. The molecule has 0 radical (unpaired) electrons. The fourth-order valence-corrected chi connectivity index (χ4v) is 1.08. The van der Waals surface area contributed by atoms with Crippen molar-refractivity contribution in [3.05, 3.63) is 72.8 Å². The quantitative estimate of drug-likeness (QED) is 0.438. The summed E-state index contributed by atoms with van der Waals surface area (Å²) in [6.07, 6.45) is 0. The van der Waals surface area contributed by atoms with Crippen LogP contribution < -0.4 is 37.7 Å². The Morgan fingerprint density at radius 1 is 0.565 bits per heavy atom. The minimum atomic E-state index is 0. The van der Waals surface area contributed by atoms with Crippen molar-refractivity contribution in [1.29, 1.82) is 0 Å². The first kappa shape index (κ1) is 30.9. The van der Waals surface area contributed by atoms with Gasteiger partial charge in [-0.2, -0.15) is 72.8 Å². The summed E-state index contributed by atoms with van der Waals surface area (Å²) in [5.74, 6) is 0. The molecule has 116 valence electrons. The van der Waals surface area contributed by atoms with Crippen LogP contribution in [0.3, 0.4) is 0 Å². The number of hydrogen-bond acceptors (Lipinski definition) is 2. The summed E-state index contributed by atoms with van der Waals surface area (Å²) in [5, 5.41) is 0. The van der Waals surface area contributed by atoms with Gasteiger partial charge in [-0.15, -0.1) is 0 Å². The first-order chi connectivity index (χ1) is 9.63. The third-order valence-corrected chi connectivity index (χ3v) is 2.21. The normalized spacial score (nSPS) is 8.09. The van der Waals surface area contributed by atoms with Crippen LogP contribution in [0.25, 0.3) is 0 Å². The molecule has 23 heavy (non-hydrogen) atoms. The Labute approximate surface area is 178 Å². The van der Waals surface area contributed by atoms with E-state index < -0.39 is 0 Å². The smallest absolute Gasteiger partial charge is 0.308 e. The van der Waals surface area contributed by atoms with Crippen molar-refractivity contribution in [3.63, 3.8) is 0 Å². The molecule has 0 atom stereocenters. The molecule has 0 spiro atoms. The standard InChI is InChI=1S/C6H16N2.2C6H5.Cr.2Li/c1-7(2)5-6-8(3)4;2*1-2-4-6-5-3-1;;;/h5-6H2,1-4H3;2*1-5H;;;/q;2*-1;;2*+1. The van der Waals surface area contributed by atoms with Gasteiger partial charge in [0.1, 0.15) is 0 Å². The summed E-state index contributed by atoms with van der Waals surface area (Å²) in [4.78, 5) is 4.36. The Morgan fingerprint density at radius 3 is 0.913 bits per heavy atom. The molecule has 0 aliphatic rings. The zero-order chi connectivity index (χ0) is 15.1. The second kappa shape index (κ2) is 24.3. The van der Waals surface area contributed by atoms with Gasteiger partial charge in [-0.3, -0.25) is 0 Å². The van der Waals surface area contributed by atoms with Crippen LogP contribution in [0.15, 0.2) is 60.7 Å². The van der Waals surface area contributed by atoms with Crippen LogP contribution in [0.5, 0.6) is 0 Å². The zero-order valence-electron chi connectivity index (χ0n) is 15.5. The molecule has 0 aromatic heterocycles. The maximum Gasteiger partial charge on any atom is 1.00 e. The molecule has 2 aromatic carbocycles. The van der Waals surface area contributed by atoms with Gasteiger partial charge in [0.25, 0.3) is 0 Å². The summed E-state index contributed by atoms with van der Waals surface area (Å²) in [5.41, 5.74) is 0. The van der Waals surface area contributed by atoms with E-state index in [2.05, 4.69) is 50.1 Å². The van der Waals surface area contributed by atoms with Crippen molar-refractivity contribution >= 4 is 0 Å². The average Bonchev–Trinajstić information content (AvgIpc) is 2.50. The molecule has 0 N–H and O–H groups in total. The Hall–Kier alpha value is 0.0873. The molecule has 0 heterocycles. The van der Waals surface area contributed by atoms with Crippen molar-refractivity contribution in [2.45, 2.75) is 0 Å². The molecular weight excluding hydrogens is 310 g/mol. The van der Waals surface area contributed by atoms with Crippen LogP contribution in [0.1, 0.15) is 0 Å². The van der Waals surface area contributed by atoms with Gasteiger partial charge < -0.3 is 9.80 Å². The number of benzene rings is 2. The van der Waals surface area contributed by atoms with Crippen molar-refractivity contribution in [3.8, 4) is 0 Å². The molecular formula is C18H26CrLi2N2. The van der Waals surface area contributed by atoms with Crippen LogP contribution in [-0.4, -0.2) is 51.1 Å². The molecule has 0 fully saturated rings. The topological polar surface area (TPSA) is 6.48 Å². The fraction of sp³-hybridized carbons (Fsp3) is 0.333.